The first kappa shape index (κ1) is 16.3. The van der Waals surface area contributed by atoms with Crippen molar-refractivity contribution < 1.29 is 30.3 Å². The molecular formula is C13H11O7S2. The molecule has 0 saturated heterocycles. The van der Waals surface area contributed by atoms with Gasteiger partial charge in [-0.3, -0.25) is 0 Å². The van der Waals surface area contributed by atoms with Crippen LogP contribution in [0.2, 0.25) is 0 Å². The van der Waals surface area contributed by atoms with Gasteiger partial charge in [0.15, 0.2) is 0 Å². The van der Waals surface area contributed by atoms with E-state index in [-0.39, 0.29) is 10.6 Å². The SMILES string of the molecule is COc1ccc(S(=O)(=O)Oc2ccc(S([O])(=O)=O)cc2)cc1. The van der Waals surface area contributed by atoms with E-state index in [1.54, 1.807) is 0 Å². The van der Waals surface area contributed by atoms with Crippen LogP contribution in [0.25, 0.3) is 0 Å². The second-order valence-electron chi connectivity index (χ2n) is 4.14. The Hall–Kier alpha value is -2.10. The molecular weight excluding hydrogens is 332 g/mol. The van der Waals surface area contributed by atoms with Crippen LogP contribution >= 0.6 is 0 Å². The van der Waals surface area contributed by atoms with Crippen LogP contribution in [0.5, 0.6) is 11.5 Å². The van der Waals surface area contributed by atoms with Gasteiger partial charge in [0.1, 0.15) is 16.4 Å². The fourth-order valence-corrected chi connectivity index (χ4v) is 2.98. The Labute approximate surface area is 128 Å². The average molecular weight is 343 g/mol. The summed E-state index contributed by atoms with van der Waals surface area (Å²) in [6.45, 7) is 0. The Morgan fingerprint density at radius 2 is 1.18 bits per heavy atom. The summed E-state index contributed by atoms with van der Waals surface area (Å²) in [5.74, 6) is 0.382. The lowest BCUT2D eigenvalue weighted by Crippen LogP contribution is -2.09. The number of methoxy groups -OCH3 is 1. The molecule has 0 bridgehead atoms. The van der Waals surface area contributed by atoms with Crippen molar-refractivity contribution in [2.75, 3.05) is 7.11 Å². The molecule has 0 aliphatic heterocycles. The van der Waals surface area contributed by atoms with E-state index in [1.165, 1.54) is 31.4 Å². The zero-order valence-corrected chi connectivity index (χ0v) is 12.9. The molecule has 0 amide bonds. The predicted molar refractivity (Wildman–Crippen MR) is 75.1 cm³/mol. The van der Waals surface area contributed by atoms with E-state index in [4.69, 9.17) is 8.92 Å². The average Bonchev–Trinajstić information content (AvgIpc) is 2.46. The third kappa shape index (κ3) is 3.75. The van der Waals surface area contributed by atoms with Gasteiger partial charge in [-0.2, -0.15) is 16.8 Å². The third-order valence-electron chi connectivity index (χ3n) is 2.67. The van der Waals surface area contributed by atoms with Crippen LogP contribution in [0.15, 0.2) is 58.3 Å². The number of benzene rings is 2. The third-order valence-corrected chi connectivity index (χ3v) is 4.78. The van der Waals surface area contributed by atoms with Gasteiger partial charge in [0, 0.05) is 0 Å². The van der Waals surface area contributed by atoms with Crippen molar-refractivity contribution in [1.82, 2.24) is 0 Å². The highest BCUT2D eigenvalue weighted by Gasteiger charge is 2.18. The molecule has 117 valence electrons. The number of hydrogen-bond acceptors (Lipinski definition) is 6. The maximum atomic E-state index is 12.0. The Morgan fingerprint density at radius 1 is 0.727 bits per heavy atom. The summed E-state index contributed by atoms with van der Waals surface area (Å²) in [5, 5.41) is 0. The fraction of sp³-hybridized carbons (Fsp3) is 0.0769. The van der Waals surface area contributed by atoms with Crippen molar-refractivity contribution >= 4 is 20.2 Å². The molecule has 0 aliphatic carbocycles. The van der Waals surface area contributed by atoms with E-state index in [9.17, 15) is 21.4 Å². The molecule has 0 fully saturated rings. The van der Waals surface area contributed by atoms with E-state index in [1.807, 2.05) is 0 Å². The quantitative estimate of drug-likeness (QED) is 0.763. The summed E-state index contributed by atoms with van der Waals surface area (Å²) >= 11 is 0. The Balaban J connectivity index is 2.24. The van der Waals surface area contributed by atoms with E-state index >= 15 is 0 Å². The number of rotatable bonds is 5. The predicted octanol–water partition coefficient (Wildman–Crippen LogP) is 1.58. The van der Waals surface area contributed by atoms with Crippen LogP contribution in [0, 0.1) is 0 Å². The van der Waals surface area contributed by atoms with Gasteiger partial charge < -0.3 is 8.92 Å². The van der Waals surface area contributed by atoms with E-state index < -0.39 is 25.1 Å². The molecule has 0 aliphatic rings. The summed E-state index contributed by atoms with van der Waals surface area (Å²) in [7, 11) is -7.21. The Bertz CT molecular complexity index is 852. The number of hydrogen-bond donors (Lipinski definition) is 0. The van der Waals surface area contributed by atoms with Crippen molar-refractivity contribution in [2.45, 2.75) is 9.79 Å². The maximum Gasteiger partial charge on any atom is 0.339 e. The molecule has 2 aromatic rings. The van der Waals surface area contributed by atoms with Gasteiger partial charge in [0.2, 0.25) is 0 Å². The van der Waals surface area contributed by atoms with Crippen molar-refractivity contribution in [3.05, 3.63) is 48.5 Å². The van der Waals surface area contributed by atoms with Crippen LogP contribution in [0.3, 0.4) is 0 Å². The molecule has 1 radical (unpaired) electrons. The molecule has 2 aromatic carbocycles. The molecule has 0 spiro atoms. The van der Waals surface area contributed by atoms with Gasteiger partial charge in [-0.1, -0.05) is 4.55 Å². The minimum Gasteiger partial charge on any atom is -0.497 e. The van der Waals surface area contributed by atoms with Crippen molar-refractivity contribution in [1.29, 1.82) is 0 Å². The lowest BCUT2D eigenvalue weighted by atomic mass is 10.3. The number of ether oxygens (including phenoxy) is 1. The van der Waals surface area contributed by atoms with Crippen molar-refractivity contribution in [2.24, 2.45) is 0 Å². The van der Waals surface area contributed by atoms with Crippen LogP contribution in [0.4, 0.5) is 0 Å². The monoisotopic (exact) mass is 343 g/mol. The Kier molecular flexibility index (Phi) is 4.40. The molecule has 9 heteroatoms. The summed E-state index contributed by atoms with van der Waals surface area (Å²) in [5.41, 5.74) is 0. The Morgan fingerprint density at radius 3 is 1.64 bits per heavy atom. The van der Waals surface area contributed by atoms with Crippen LogP contribution in [-0.4, -0.2) is 23.9 Å². The zero-order chi connectivity index (χ0) is 16.4. The van der Waals surface area contributed by atoms with Gasteiger partial charge in [0.25, 0.3) is 0 Å². The smallest absolute Gasteiger partial charge is 0.339 e. The second kappa shape index (κ2) is 5.95. The van der Waals surface area contributed by atoms with Gasteiger partial charge >= 0.3 is 20.2 Å². The first-order valence-corrected chi connectivity index (χ1v) is 8.68. The fourth-order valence-electron chi connectivity index (χ4n) is 1.58. The van der Waals surface area contributed by atoms with E-state index in [0.29, 0.717) is 5.75 Å². The molecule has 0 atom stereocenters. The highest BCUT2D eigenvalue weighted by atomic mass is 32.2. The van der Waals surface area contributed by atoms with Crippen molar-refractivity contribution in [3.8, 4) is 11.5 Å². The summed E-state index contributed by atoms with van der Waals surface area (Å²) < 4.78 is 66.2. The van der Waals surface area contributed by atoms with Gasteiger partial charge in [-0.25, -0.2) is 0 Å². The highest BCUT2D eigenvalue weighted by Crippen LogP contribution is 2.22. The molecule has 0 saturated carbocycles. The first-order valence-electron chi connectivity index (χ1n) is 5.87. The maximum absolute atomic E-state index is 12.0. The first-order chi connectivity index (χ1) is 10.2. The molecule has 0 N–H and O–H groups in total. The largest absolute Gasteiger partial charge is 0.497 e. The molecule has 22 heavy (non-hydrogen) atoms. The van der Waals surface area contributed by atoms with Crippen LogP contribution in [-0.2, 0) is 24.8 Å². The van der Waals surface area contributed by atoms with Gasteiger partial charge in [-0.05, 0) is 48.5 Å². The van der Waals surface area contributed by atoms with Crippen LogP contribution < -0.4 is 8.92 Å². The standard InChI is InChI=1S/C13H11O7S2/c1-19-10-2-8-13(9-3-10)22(17,18)20-11-4-6-12(7-5-11)21(14,15)16/h2-9H,1H3. The molecule has 0 heterocycles. The zero-order valence-electron chi connectivity index (χ0n) is 11.3. The minimum absolute atomic E-state index is 0.0891. The molecule has 0 aromatic heterocycles. The summed E-state index contributed by atoms with van der Waals surface area (Å²) in [6, 6.07) is 9.67. The van der Waals surface area contributed by atoms with Gasteiger partial charge in [0.05, 0.1) is 12.0 Å². The summed E-state index contributed by atoms with van der Waals surface area (Å²) in [4.78, 5) is -0.560. The lowest BCUT2D eigenvalue weighted by molar-refractivity contribution is 0.414. The topological polar surface area (TPSA) is 107 Å². The minimum atomic E-state index is -4.59. The molecule has 7 nitrogen and oxygen atoms in total. The summed E-state index contributed by atoms with van der Waals surface area (Å²) in [6.07, 6.45) is 0. The second-order valence-corrected chi connectivity index (χ2v) is 7.06. The normalized spacial score (nSPS) is 11.9. The van der Waals surface area contributed by atoms with E-state index in [2.05, 4.69) is 0 Å². The molecule has 2 rings (SSSR count). The molecule has 0 unspecified atom stereocenters. The van der Waals surface area contributed by atoms with E-state index in [0.717, 1.165) is 24.3 Å². The van der Waals surface area contributed by atoms with Gasteiger partial charge in [-0.15, -0.1) is 0 Å². The van der Waals surface area contributed by atoms with Crippen molar-refractivity contribution in [3.63, 3.8) is 0 Å². The lowest BCUT2D eigenvalue weighted by Gasteiger charge is -2.08. The van der Waals surface area contributed by atoms with Crippen LogP contribution in [0.1, 0.15) is 0 Å². The highest BCUT2D eigenvalue weighted by molar-refractivity contribution is 7.87.